The van der Waals surface area contributed by atoms with E-state index in [2.05, 4.69) is 5.10 Å². The molecule has 7 heteroatoms. The molecule has 0 saturated carbocycles. The highest BCUT2D eigenvalue weighted by Gasteiger charge is 2.17. The Morgan fingerprint density at radius 2 is 2.26 bits per heavy atom. The highest BCUT2D eigenvalue weighted by atomic mass is 19.1. The molecule has 0 saturated heterocycles. The average Bonchev–Trinajstić information content (AvgIpc) is 2.79. The van der Waals surface area contributed by atoms with Crippen LogP contribution in [0.15, 0.2) is 30.6 Å². The molecule has 6 nitrogen and oxygen atoms in total. The molecule has 0 aliphatic heterocycles. The van der Waals surface area contributed by atoms with Gasteiger partial charge < -0.3 is 5.73 Å². The fourth-order valence-corrected chi connectivity index (χ4v) is 1.79. The van der Waals surface area contributed by atoms with Crippen LogP contribution in [-0.2, 0) is 13.0 Å². The van der Waals surface area contributed by atoms with E-state index in [0.717, 1.165) is 11.6 Å². The van der Waals surface area contributed by atoms with Crippen molar-refractivity contribution in [2.45, 2.75) is 13.0 Å². The summed E-state index contributed by atoms with van der Waals surface area (Å²) in [7, 11) is 0. The first-order chi connectivity index (χ1) is 9.11. The lowest BCUT2D eigenvalue weighted by Gasteiger charge is -2.03. The standard InChI is InChI=1S/C12H13FN4O2/c13-12-10(2-1-3-11(12)17(18)19)8-16-7-9(4-5-14)6-15-16/h1-3,6-7H,4-5,8,14H2. The molecule has 0 radical (unpaired) electrons. The van der Waals surface area contributed by atoms with Crippen molar-refractivity contribution >= 4 is 5.69 Å². The Labute approximate surface area is 108 Å². The topological polar surface area (TPSA) is 87.0 Å². The van der Waals surface area contributed by atoms with Crippen LogP contribution in [-0.4, -0.2) is 21.2 Å². The summed E-state index contributed by atoms with van der Waals surface area (Å²) >= 11 is 0. The summed E-state index contributed by atoms with van der Waals surface area (Å²) in [5, 5.41) is 14.7. The van der Waals surface area contributed by atoms with Gasteiger partial charge in [-0.15, -0.1) is 0 Å². The van der Waals surface area contributed by atoms with Gasteiger partial charge in [0.15, 0.2) is 0 Å². The van der Waals surface area contributed by atoms with E-state index in [1.54, 1.807) is 12.4 Å². The number of nitrogens with zero attached hydrogens (tertiary/aromatic N) is 3. The van der Waals surface area contributed by atoms with E-state index in [9.17, 15) is 14.5 Å². The number of benzene rings is 1. The summed E-state index contributed by atoms with van der Waals surface area (Å²) in [6.45, 7) is 0.662. The minimum Gasteiger partial charge on any atom is -0.330 e. The number of nitrogens with two attached hydrogens (primary N) is 1. The van der Waals surface area contributed by atoms with Crippen LogP contribution in [0.1, 0.15) is 11.1 Å². The van der Waals surface area contributed by atoms with E-state index in [0.29, 0.717) is 13.0 Å². The number of halogens is 1. The van der Waals surface area contributed by atoms with E-state index >= 15 is 0 Å². The van der Waals surface area contributed by atoms with Gasteiger partial charge in [-0.05, 0) is 18.5 Å². The average molecular weight is 264 g/mol. The highest BCUT2D eigenvalue weighted by Crippen LogP contribution is 2.20. The van der Waals surface area contributed by atoms with Gasteiger partial charge in [-0.3, -0.25) is 14.8 Å². The first kappa shape index (κ1) is 13.2. The molecule has 1 aromatic heterocycles. The first-order valence-corrected chi connectivity index (χ1v) is 5.75. The Morgan fingerprint density at radius 3 is 2.95 bits per heavy atom. The van der Waals surface area contributed by atoms with Crippen molar-refractivity contribution in [1.82, 2.24) is 9.78 Å². The molecule has 2 rings (SSSR count). The maximum atomic E-state index is 13.9. The molecule has 100 valence electrons. The molecule has 0 fully saturated rings. The Hall–Kier alpha value is -2.28. The van der Waals surface area contributed by atoms with Crippen molar-refractivity contribution in [3.8, 4) is 0 Å². The zero-order valence-electron chi connectivity index (χ0n) is 10.1. The Kier molecular flexibility index (Phi) is 3.86. The second-order valence-electron chi connectivity index (χ2n) is 4.09. The van der Waals surface area contributed by atoms with Crippen LogP contribution in [0, 0.1) is 15.9 Å². The molecular weight excluding hydrogens is 251 g/mol. The zero-order chi connectivity index (χ0) is 13.8. The number of rotatable bonds is 5. The van der Waals surface area contributed by atoms with Crippen LogP contribution in [0.4, 0.5) is 10.1 Å². The van der Waals surface area contributed by atoms with Crippen molar-refractivity contribution in [3.05, 3.63) is 57.7 Å². The second kappa shape index (κ2) is 5.57. The first-order valence-electron chi connectivity index (χ1n) is 5.75. The van der Waals surface area contributed by atoms with Crippen LogP contribution < -0.4 is 5.73 Å². The predicted molar refractivity (Wildman–Crippen MR) is 67.1 cm³/mol. The molecule has 1 heterocycles. The molecule has 0 amide bonds. The maximum Gasteiger partial charge on any atom is 0.305 e. The molecular formula is C12H13FN4O2. The van der Waals surface area contributed by atoms with Crippen LogP contribution in [0.5, 0.6) is 0 Å². The van der Waals surface area contributed by atoms with Gasteiger partial charge in [0.25, 0.3) is 0 Å². The quantitative estimate of drug-likeness (QED) is 0.654. The van der Waals surface area contributed by atoms with E-state index < -0.39 is 16.4 Å². The molecule has 0 aliphatic carbocycles. The number of aromatic nitrogens is 2. The fraction of sp³-hybridized carbons (Fsp3) is 0.250. The molecule has 2 aromatic rings. The molecule has 0 unspecified atom stereocenters. The predicted octanol–water partition coefficient (Wildman–Crippen LogP) is 1.48. The molecule has 0 aliphatic rings. The summed E-state index contributed by atoms with van der Waals surface area (Å²) in [6, 6.07) is 4.11. The molecule has 0 spiro atoms. The van der Waals surface area contributed by atoms with Crippen LogP contribution in [0.2, 0.25) is 0 Å². The lowest BCUT2D eigenvalue weighted by Crippen LogP contribution is -2.05. The van der Waals surface area contributed by atoms with Gasteiger partial charge in [-0.2, -0.15) is 9.49 Å². The van der Waals surface area contributed by atoms with Crippen molar-refractivity contribution in [2.75, 3.05) is 6.54 Å². The molecule has 0 atom stereocenters. The largest absolute Gasteiger partial charge is 0.330 e. The van der Waals surface area contributed by atoms with Crippen LogP contribution >= 0.6 is 0 Å². The number of nitro benzene ring substituents is 1. The lowest BCUT2D eigenvalue weighted by molar-refractivity contribution is -0.387. The van der Waals surface area contributed by atoms with E-state index in [1.807, 2.05) is 0 Å². The van der Waals surface area contributed by atoms with Crippen LogP contribution in [0.25, 0.3) is 0 Å². The number of hydrogen-bond acceptors (Lipinski definition) is 4. The Bertz CT molecular complexity index is 597. The fourth-order valence-electron chi connectivity index (χ4n) is 1.79. The SMILES string of the molecule is NCCc1cnn(Cc2cccc([N+](=O)[O-])c2F)c1. The van der Waals surface area contributed by atoms with Crippen molar-refractivity contribution in [1.29, 1.82) is 0 Å². The Balaban J connectivity index is 2.23. The monoisotopic (exact) mass is 264 g/mol. The lowest BCUT2D eigenvalue weighted by atomic mass is 10.2. The van der Waals surface area contributed by atoms with Gasteiger partial charge in [0.2, 0.25) is 5.82 Å². The smallest absolute Gasteiger partial charge is 0.305 e. The minimum atomic E-state index is -0.816. The summed E-state index contributed by atoms with van der Waals surface area (Å²) in [4.78, 5) is 9.91. The van der Waals surface area contributed by atoms with Gasteiger partial charge in [-0.25, -0.2) is 0 Å². The molecule has 2 N–H and O–H groups in total. The van der Waals surface area contributed by atoms with Gasteiger partial charge >= 0.3 is 5.69 Å². The molecule has 1 aromatic carbocycles. The maximum absolute atomic E-state index is 13.9. The molecule has 19 heavy (non-hydrogen) atoms. The third-order valence-corrected chi connectivity index (χ3v) is 2.71. The summed E-state index contributed by atoms with van der Waals surface area (Å²) in [6.07, 6.45) is 4.10. The van der Waals surface area contributed by atoms with Crippen molar-refractivity contribution in [3.63, 3.8) is 0 Å². The Morgan fingerprint density at radius 1 is 1.47 bits per heavy atom. The summed E-state index contributed by atoms with van der Waals surface area (Å²) < 4.78 is 15.4. The number of hydrogen-bond donors (Lipinski definition) is 1. The molecule has 0 bridgehead atoms. The third kappa shape index (κ3) is 2.94. The van der Waals surface area contributed by atoms with E-state index in [1.165, 1.54) is 16.8 Å². The van der Waals surface area contributed by atoms with Gasteiger partial charge in [0, 0.05) is 17.8 Å². The van der Waals surface area contributed by atoms with Gasteiger partial charge in [0.1, 0.15) is 0 Å². The van der Waals surface area contributed by atoms with E-state index in [-0.39, 0.29) is 12.1 Å². The van der Waals surface area contributed by atoms with Crippen molar-refractivity contribution < 1.29 is 9.31 Å². The van der Waals surface area contributed by atoms with Gasteiger partial charge in [0.05, 0.1) is 17.7 Å². The zero-order valence-corrected chi connectivity index (χ0v) is 10.1. The second-order valence-corrected chi connectivity index (χ2v) is 4.09. The van der Waals surface area contributed by atoms with Crippen molar-refractivity contribution in [2.24, 2.45) is 5.73 Å². The third-order valence-electron chi connectivity index (χ3n) is 2.71. The van der Waals surface area contributed by atoms with Gasteiger partial charge in [-0.1, -0.05) is 12.1 Å². The summed E-state index contributed by atoms with van der Waals surface area (Å²) in [5.41, 5.74) is 6.09. The normalized spacial score (nSPS) is 10.6. The summed E-state index contributed by atoms with van der Waals surface area (Å²) in [5.74, 6) is -0.816. The highest BCUT2D eigenvalue weighted by molar-refractivity contribution is 5.36. The van der Waals surface area contributed by atoms with Crippen LogP contribution in [0.3, 0.4) is 0 Å². The minimum absolute atomic E-state index is 0.151. The number of nitro groups is 1. The van der Waals surface area contributed by atoms with E-state index in [4.69, 9.17) is 5.73 Å².